The number of halogens is 1. The zero-order valence-electron chi connectivity index (χ0n) is 13.7. The second-order valence-corrected chi connectivity index (χ2v) is 6.52. The van der Waals surface area contributed by atoms with Gasteiger partial charge in [0.2, 0.25) is 0 Å². The average Bonchev–Trinajstić information content (AvgIpc) is 2.63. The topological polar surface area (TPSA) is 21.7 Å². The molecule has 2 aromatic rings. The Bertz CT molecular complexity index is 698. The third-order valence-corrected chi connectivity index (χ3v) is 4.88. The molecule has 4 rings (SSSR count). The van der Waals surface area contributed by atoms with Crippen molar-refractivity contribution in [3.63, 3.8) is 0 Å². The van der Waals surface area contributed by atoms with Crippen LogP contribution < -0.4 is 0 Å². The maximum atomic E-state index is 14.9. The molecule has 1 atom stereocenters. The lowest BCUT2D eigenvalue weighted by molar-refractivity contribution is 0.0340. The van der Waals surface area contributed by atoms with Gasteiger partial charge in [0.1, 0.15) is 5.82 Å². The van der Waals surface area contributed by atoms with E-state index in [4.69, 9.17) is 9.47 Å². The van der Waals surface area contributed by atoms with Crippen LogP contribution in [0.25, 0.3) is 0 Å². The lowest BCUT2D eigenvalue weighted by Gasteiger charge is -2.29. The highest BCUT2D eigenvalue weighted by molar-refractivity contribution is 5.42. The van der Waals surface area contributed by atoms with Crippen LogP contribution in [0.15, 0.2) is 42.5 Å². The Morgan fingerprint density at radius 3 is 2.62 bits per heavy atom. The maximum absolute atomic E-state index is 14.9. The van der Waals surface area contributed by atoms with Crippen LogP contribution in [0.1, 0.15) is 28.2 Å². The highest BCUT2D eigenvalue weighted by atomic mass is 19.1. The van der Waals surface area contributed by atoms with Crippen LogP contribution in [-0.4, -0.2) is 37.8 Å². The van der Waals surface area contributed by atoms with Gasteiger partial charge in [-0.25, -0.2) is 4.39 Å². The Kier molecular flexibility index (Phi) is 4.60. The SMILES string of the molecule is Fc1cc(CN2CCOCC2)cc2c1C(c1ccccc1)COC2. The van der Waals surface area contributed by atoms with E-state index in [1.54, 1.807) is 6.07 Å². The summed E-state index contributed by atoms with van der Waals surface area (Å²) < 4.78 is 26.1. The van der Waals surface area contributed by atoms with E-state index >= 15 is 0 Å². The van der Waals surface area contributed by atoms with Gasteiger partial charge in [0.25, 0.3) is 0 Å². The van der Waals surface area contributed by atoms with Crippen molar-refractivity contribution in [2.45, 2.75) is 19.1 Å². The molecule has 1 unspecified atom stereocenters. The summed E-state index contributed by atoms with van der Waals surface area (Å²) >= 11 is 0. The smallest absolute Gasteiger partial charge is 0.127 e. The van der Waals surface area contributed by atoms with Crippen LogP contribution in [-0.2, 0) is 22.6 Å². The Morgan fingerprint density at radius 2 is 1.83 bits per heavy atom. The van der Waals surface area contributed by atoms with Crippen molar-refractivity contribution >= 4 is 0 Å². The van der Waals surface area contributed by atoms with Crippen LogP contribution >= 0.6 is 0 Å². The summed E-state index contributed by atoms with van der Waals surface area (Å²) in [6, 6.07) is 13.9. The van der Waals surface area contributed by atoms with Crippen molar-refractivity contribution in [2.75, 3.05) is 32.9 Å². The fourth-order valence-electron chi connectivity index (χ4n) is 3.67. The van der Waals surface area contributed by atoms with Gasteiger partial charge in [0.15, 0.2) is 0 Å². The molecule has 126 valence electrons. The number of nitrogens with zero attached hydrogens (tertiary/aromatic N) is 1. The van der Waals surface area contributed by atoms with Crippen molar-refractivity contribution < 1.29 is 13.9 Å². The second-order valence-electron chi connectivity index (χ2n) is 6.52. The molecule has 0 saturated carbocycles. The van der Waals surface area contributed by atoms with Gasteiger partial charge in [-0.1, -0.05) is 36.4 Å². The van der Waals surface area contributed by atoms with E-state index in [0.29, 0.717) is 13.2 Å². The highest BCUT2D eigenvalue weighted by Crippen LogP contribution is 2.35. The van der Waals surface area contributed by atoms with Gasteiger partial charge in [-0.3, -0.25) is 4.90 Å². The molecule has 1 saturated heterocycles. The zero-order valence-corrected chi connectivity index (χ0v) is 13.7. The standard InChI is InChI=1S/C20H22FNO2/c21-19-11-15(12-22-6-8-23-9-7-22)10-17-13-24-14-18(20(17)19)16-4-2-1-3-5-16/h1-5,10-11,18H,6-9,12-14H2. The molecule has 0 radical (unpaired) electrons. The predicted octanol–water partition coefficient (Wildman–Crippen LogP) is 3.32. The Balaban J connectivity index is 1.63. The molecule has 0 spiro atoms. The van der Waals surface area contributed by atoms with Crippen LogP contribution in [0.4, 0.5) is 4.39 Å². The van der Waals surface area contributed by atoms with E-state index in [9.17, 15) is 4.39 Å². The summed E-state index contributed by atoms with van der Waals surface area (Å²) in [5, 5.41) is 0. The van der Waals surface area contributed by atoms with Crippen LogP contribution in [0.5, 0.6) is 0 Å². The van der Waals surface area contributed by atoms with Crippen LogP contribution in [0.3, 0.4) is 0 Å². The molecule has 0 N–H and O–H groups in total. The molecule has 1 fully saturated rings. The molecule has 3 nitrogen and oxygen atoms in total. The van der Waals surface area contributed by atoms with Crippen molar-refractivity contribution in [1.29, 1.82) is 0 Å². The van der Waals surface area contributed by atoms with Gasteiger partial charge >= 0.3 is 0 Å². The van der Waals surface area contributed by atoms with Crippen molar-refractivity contribution in [1.82, 2.24) is 4.90 Å². The van der Waals surface area contributed by atoms with Gasteiger partial charge in [0, 0.05) is 31.1 Å². The molecule has 4 heteroatoms. The molecule has 2 aliphatic rings. The van der Waals surface area contributed by atoms with E-state index in [1.165, 1.54) is 0 Å². The summed E-state index contributed by atoms with van der Waals surface area (Å²) in [6.07, 6.45) is 0. The molecule has 0 bridgehead atoms. The molecule has 0 aliphatic carbocycles. The first-order chi connectivity index (χ1) is 11.8. The van der Waals surface area contributed by atoms with Gasteiger partial charge in [0.05, 0.1) is 26.4 Å². The third kappa shape index (κ3) is 3.22. The molecule has 2 aromatic carbocycles. The normalized spacial score (nSPS) is 21.5. The van der Waals surface area contributed by atoms with E-state index < -0.39 is 0 Å². The summed E-state index contributed by atoms with van der Waals surface area (Å²) in [6.45, 7) is 5.12. The average molecular weight is 327 g/mol. The summed E-state index contributed by atoms with van der Waals surface area (Å²) in [4.78, 5) is 2.31. The first-order valence-electron chi connectivity index (χ1n) is 8.55. The van der Waals surface area contributed by atoms with Crippen molar-refractivity contribution in [2.24, 2.45) is 0 Å². The largest absolute Gasteiger partial charge is 0.379 e. The van der Waals surface area contributed by atoms with Crippen molar-refractivity contribution in [3.8, 4) is 0 Å². The first-order valence-corrected chi connectivity index (χ1v) is 8.55. The molecule has 0 aromatic heterocycles. The quantitative estimate of drug-likeness (QED) is 0.863. The minimum Gasteiger partial charge on any atom is -0.379 e. The van der Waals surface area contributed by atoms with Crippen LogP contribution in [0, 0.1) is 5.82 Å². The minimum absolute atomic E-state index is 0.0209. The lowest BCUT2D eigenvalue weighted by atomic mass is 9.86. The number of benzene rings is 2. The second kappa shape index (κ2) is 7.01. The van der Waals surface area contributed by atoms with Crippen LogP contribution in [0.2, 0.25) is 0 Å². The summed E-state index contributed by atoms with van der Waals surface area (Å²) in [5.74, 6) is -0.125. The number of morpholine rings is 1. The van der Waals surface area contributed by atoms with Gasteiger partial charge < -0.3 is 9.47 Å². The molecular formula is C20H22FNO2. The van der Waals surface area contributed by atoms with Crippen molar-refractivity contribution in [3.05, 3.63) is 70.5 Å². The van der Waals surface area contributed by atoms with E-state index in [2.05, 4.69) is 11.0 Å². The van der Waals surface area contributed by atoms with Gasteiger partial charge in [-0.05, 0) is 22.8 Å². The number of ether oxygens (including phenoxy) is 2. The summed E-state index contributed by atoms with van der Waals surface area (Å²) in [7, 11) is 0. The fraction of sp³-hybridized carbons (Fsp3) is 0.400. The Labute approximate surface area is 142 Å². The Hall–Kier alpha value is -1.75. The molecule has 2 heterocycles. The number of rotatable bonds is 3. The molecule has 0 amide bonds. The molecule has 2 aliphatic heterocycles. The number of hydrogen-bond acceptors (Lipinski definition) is 3. The monoisotopic (exact) mass is 327 g/mol. The maximum Gasteiger partial charge on any atom is 0.127 e. The van der Waals surface area contributed by atoms with E-state index in [0.717, 1.165) is 55.1 Å². The molecular weight excluding hydrogens is 305 g/mol. The predicted molar refractivity (Wildman–Crippen MR) is 90.4 cm³/mol. The first kappa shape index (κ1) is 15.8. The van der Waals surface area contributed by atoms with Gasteiger partial charge in [-0.15, -0.1) is 0 Å². The minimum atomic E-state index is -0.104. The molecule has 24 heavy (non-hydrogen) atoms. The Morgan fingerprint density at radius 1 is 1.04 bits per heavy atom. The van der Waals surface area contributed by atoms with E-state index in [-0.39, 0.29) is 11.7 Å². The fourth-order valence-corrected chi connectivity index (χ4v) is 3.67. The van der Waals surface area contributed by atoms with Gasteiger partial charge in [-0.2, -0.15) is 0 Å². The number of hydrogen-bond donors (Lipinski definition) is 0. The zero-order chi connectivity index (χ0) is 16.4. The highest BCUT2D eigenvalue weighted by Gasteiger charge is 2.26. The van der Waals surface area contributed by atoms with E-state index in [1.807, 2.05) is 30.3 Å². The third-order valence-electron chi connectivity index (χ3n) is 4.88. The lowest BCUT2D eigenvalue weighted by Crippen LogP contribution is -2.35. The number of fused-ring (bicyclic) bond motifs is 1. The summed E-state index contributed by atoms with van der Waals surface area (Å²) in [5.41, 5.74) is 3.92.